The third kappa shape index (κ3) is 4.72. The maximum Gasteiger partial charge on any atom is 0.191 e. The van der Waals surface area contributed by atoms with Crippen molar-refractivity contribution in [1.82, 2.24) is 0 Å². The summed E-state index contributed by atoms with van der Waals surface area (Å²) in [6.07, 6.45) is 3.22. The predicted octanol–water partition coefficient (Wildman–Crippen LogP) is 3.89. The first-order chi connectivity index (χ1) is 8.15. The lowest BCUT2D eigenvalue weighted by Crippen LogP contribution is -2.21. The summed E-state index contributed by atoms with van der Waals surface area (Å²) in [5.74, 6) is -0.0136. The molecule has 0 spiro atoms. The van der Waals surface area contributed by atoms with Crippen LogP contribution >= 0.6 is 11.6 Å². The van der Waals surface area contributed by atoms with Gasteiger partial charge < -0.3 is 4.74 Å². The predicted molar refractivity (Wildman–Crippen MR) is 70.6 cm³/mol. The van der Waals surface area contributed by atoms with E-state index in [4.69, 9.17) is 16.3 Å². The van der Waals surface area contributed by atoms with Crippen LogP contribution in [0.25, 0.3) is 0 Å². The van der Waals surface area contributed by atoms with Gasteiger partial charge in [0, 0.05) is 17.2 Å². The lowest BCUT2D eigenvalue weighted by Gasteiger charge is -2.11. The Morgan fingerprint density at radius 2 is 2.12 bits per heavy atom. The zero-order valence-corrected chi connectivity index (χ0v) is 10.7. The fraction of sp³-hybridized carbons (Fsp3) is 0.357. The van der Waals surface area contributed by atoms with Gasteiger partial charge in [-0.3, -0.25) is 4.79 Å². The summed E-state index contributed by atoms with van der Waals surface area (Å²) in [4.78, 5) is 11.9. The summed E-state index contributed by atoms with van der Waals surface area (Å²) < 4.78 is 5.46. The lowest BCUT2D eigenvalue weighted by atomic mass is 10.1. The highest BCUT2D eigenvalue weighted by atomic mass is 35.5. The standard InChI is InChI=1S/C14H17ClO2/c1-3-4-5-10-17-11(2)14(16)12-6-8-13(15)9-7-12/h3,6-9,11H,1,4-5,10H2,2H3. The maximum atomic E-state index is 11.9. The molecule has 0 N–H and O–H groups in total. The molecule has 0 amide bonds. The van der Waals surface area contributed by atoms with Crippen LogP contribution in [-0.2, 0) is 4.74 Å². The van der Waals surface area contributed by atoms with Crippen molar-refractivity contribution in [2.45, 2.75) is 25.9 Å². The molecule has 0 saturated carbocycles. The van der Waals surface area contributed by atoms with E-state index in [0.717, 1.165) is 12.8 Å². The summed E-state index contributed by atoms with van der Waals surface area (Å²) >= 11 is 5.76. The zero-order valence-electron chi connectivity index (χ0n) is 9.99. The van der Waals surface area contributed by atoms with Gasteiger partial charge in [-0.1, -0.05) is 17.7 Å². The summed E-state index contributed by atoms with van der Waals surface area (Å²) in [5.41, 5.74) is 0.630. The van der Waals surface area contributed by atoms with Crippen LogP contribution in [0.5, 0.6) is 0 Å². The van der Waals surface area contributed by atoms with Crippen LogP contribution in [0.2, 0.25) is 5.02 Å². The van der Waals surface area contributed by atoms with E-state index in [1.165, 1.54) is 0 Å². The van der Waals surface area contributed by atoms with Crippen LogP contribution in [0.15, 0.2) is 36.9 Å². The Labute approximate surface area is 107 Å². The summed E-state index contributed by atoms with van der Waals surface area (Å²) in [6, 6.07) is 6.85. The number of rotatable bonds is 7. The number of Topliss-reactive ketones (excluding diaryl/α,β-unsaturated/α-hetero) is 1. The molecule has 2 nitrogen and oxygen atoms in total. The maximum absolute atomic E-state index is 11.9. The van der Waals surface area contributed by atoms with Crippen LogP contribution in [0.4, 0.5) is 0 Å². The number of carbonyl (C=O) groups is 1. The van der Waals surface area contributed by atoms with Gasteiger partial charge in [0.2, 0.25) is 0 Å². The molecule has 0 aliphatic heterocycles. The zero-order chi connectivity index (χ0) is 12.7. The molecule has 0 aliphatic rings. The first-order valence-electron chi connectivity index (χ1n) is 5.67. The van der Waals surface area contributed by atoms with Crippen LogP contribution < -0.4 is 0 Å². The number of carbonyl (C=O) groups excluding carboxylic acids is 1. The van der Waals surface area contributed by atoms with Crippen molar-refractivity contribution < 1.29 is 9.53 Å². The van der Waals surface area contributed by atoms with Gasteiger partial charge in [-0.25, -0.2) is 0 Å². The number of halogens is 1. The number of ether oxygens (including phenoxy) is 1. The molecule has 17 heavy (non-hydrogen) atoms. The molecule has 1 rings (SSSR count). The van der Waals surface area contributed by atoms with Crippen molar-refractivity contribution in [2.75, 3.05) is 6.61 Å². The Kier molecular flexibility index (Phi) is 5.95. The average Bonchev–Trinajstić information content (AvgIpc) is 2.34. The highest BCUT2D eigenvalue weighted by Crippen LogP contribution is 2.12. The fourth-order valence-corrected chi connectivity index (χ4v) is 1.54. The number of ketones is 1. The minimum atomic E-state index is -0.416. The van der Waals surface area contributed by atoms with Gasteiger partial charge in [-0.2, -0.15) is 0 Å². The topological polar surface area (TPSA) is 26.3 Å². The molecule has 92 valence electrons. The lowest BCUT2D eigenvalue weighted by molar-refractivity contribution is 0.0471. The SMILES string of the molecule is C=CCCCOC(C)C(=O)c1ccc(Cl)cc1. The Bertz CT molecular complexity index is 370. The number of allylic oxidation sites excluding steroid dienone is 1. The van der Waals surface area contributed by atoms with Gasteiger partial charge in [0.15, 0.2) is 5.78 Å². The van der Waals surface area contributed by atoms with Crippen molar-refractivity contribution in [2.24, 2.45) is 0 Å². The second-order valence-electron chi connectivity index (χ2n) is 3.82. The largest absolute Gasteiger partial charge is 0.370 e. The molecule has 0 radical (unpaired) electrons. The van der Waals surface area contributed by atoms with Crippen molar-refractivity contribution >= 4 is 17.4 Å². The van der Waals surface area contributed by atoms with Gasteiger partial charge in [-0.05, 0) is 44.0 Å². The summed E-state index contributed by atoms with van der Waals surface area (Å²) in [6.45, 7) is 5.98. The Morgan fingerprint density at radius 3 is 2.71 bits per heavy atom. The molecule has 0 fully saturated rings. The smallest absolute Gasteiger partial charge is 0.191 e. The average molecular weight is 253 g/mol. The Hall–Kier alpha value is -1.12. The first kappa shape index (κ1) is 13.9. The number of unbranched alkanes of at least 4 members (excludes halogenated alkanes) is 1. The number of hydrogen-bond acceptors (Lipinski definition) is 2. The van der Waals surface area contributed by atoms with Gasteiger partial charge in [-0.15, -0.1) is 6.58 Å². The van der Waals surface area contributed by atoms with E-state index in [1.807, 2.05) is 6.08 Å². The molecule has 0 aliphatic carbocycles. The van der Waals surface area contributed by atoms with E-state index < -0.39 is 6.10 Å². The molecule has 0 heterocycles. The molecule has 1 aromatic carbocycles. The molecule has 3 heteroatoms. The second kappa shape index (κ2) is 7.25. The molecule has 1 aromatic rings. The Balaban J connectivity index is 2.46. The van der Waals surface area contributed by atoms with Crippen molar-refractivity contribution in [3.8, 4) is 0 Å². The molecule has 1 atom stereocenters. The molecule has 0 aromatic heterocycles. The molecule has 0 bridgehead atoms. The van der Waals surface area contributed by atoms with E-state index in [1.54, 1.807) is 31.2 Å². The van der Waals surface area contributed by atoms with Crippen LogP contribution in [0, 0.1) is 0 Å². The van der Waals surface area contributed by atoms with Crippen molar-refractivity contribution in [3.63, 3.8) is 0 Å². The van der Waals surface area contributed by atoms with E-state index in [-0.39, 0.29) is 5.78 Å². The summed E-state index contributed by atoms with van der Waals surface area (Å²) in [7, 11) is 0. The van der Waals surface area contributed by atoms with E-state index in [2.05, 4.69) is 6.58 Å². The van der Waals surface area contributed by atoms with Crippen molar-refractivity contribution in [1.29, 1.82) is 0 Å². The minimum absolute atomic E-state index is 0.0136. The van der Waals surface area contributed by atoms with Crippen LogP contribution in [-0.4, -0.2) is 18.5 Å². The fourth-order valence-electron chi connectivity index (χ4n) is 1.41. The van der Waals surface area contributed by atoms with Crippen molar-refractivity contribution in [3.05, 3.63) is 47.5 Å². The molecule has 1 unspecified atom stereocenters. The normalized spacial score (nSPS) is 12.1. The minimum Gasteiger partial charge on any atom is -0.370 e. The molecular weight excluding hydrogens is 236 g/mol. The van der Waals surface area contributed by atoms with Crippen LogP contribution in [0.3, 0.4) is 0 Å². The highest BCUT2D eigenvalue weighted by Gasteiger charge is 2.15. The van der Waals surface area contributed by atoms with E-state index >= 15 is 0 Å². The van der Waals surface area contributed by atoms with Gasteiger partial charge in [0.1, 0.15) is 6.10 Å². The van der Waals surface area contributed by atoms with Gasteiger partial charge >= 0.3 is 0 Å². The molecule has 0 saturated heterocycles. The van der Waals surface area contributed by atoms with E-state index in [0.29, 0.717) is 17.2 Å². The first-order valence-corrected chi connectivity index (χ1v) is 6.05. The molecular formula is C14H17ClO2. The van der Waals surface area contributed by atoms with Gasteiger partial charge in [0.05, 0.1) is 0 Å². The van der Waals surface area contributed by atoms with Gasteiger partial charge in [0.25, 0.3) is 0 Å². The quantitative estimate of drug-likeness (QED) is 0.418. The van der Waals surface area contributed by atoms with E-state index in [9.17, 15) is 4.79 Å². The third-order valence-electron chi connectivity index (χ3n) is 2.42. The summed E-state index contributed by atoms with van der Waals surface area (Å²) in [5, 5.41) is 0.626. The Morgan fingerprint density at radius 1 is 1.47 bits per heavy atom. The third-order valence-corrected chi connectivity index (χ3v) is 2.67. The van der Waals surface area contributed by atoms with Crippen LogP contribution in [0.1, 0.15) is 30.1 Å². The second-order valence-corrected chi connectivity index (χ2v) is 4.25. The number of hydrogen-bond donors (Lipinski definition) is 0. The highest BCUT2D eigenvalue weighted by molar-refractivity contribution is 6.30. The monoisotopic (exact) mass is 252 g/mol. The number of benzene rings is 1.